The number of amides is 2. The molecule has 2 heterocycles. The summed E-state index contributed by atoms with van der Waals surface area (Å²) in [4.78, 5) is 28.3. The Morgan fingerprint density at radius 3 is 3.12 bits per heavy atom. The maximum Gasteiger partial charge on any atom is 0.294 e. The third-order valence-electron chi connectivity index (χ3n) is 2.07. The van der Waals surface area contributed by atoms with Crippen LogP contribution in [-0.4, -0.2) is 33.3 Å². The number of hydrazine groups is 1. The highest BCUT2D eigenvalue weighted by molar-refractivity contribution is 8.13. The molecule has 1 aliphatic heterocycles. The smallest absolute Gasteiger partial charge is 0.294 e. The topological polar surface area (TPSA) is 88.3 Å². The molecule has 6 nitrogen and oxygen atoms in total. The van der Waals surface area contributed by atoms with E-state index in [9.17, 15) is 9.59 Å². The Balaban J connectivity index is 2.02. The first-order valence-electron chi connectivity index (χ1n) is 4.58. The highest BCUT2D eigenvalue weighted by Gasteiger charge is 2.22. The second-order valence-electron chi connectivity index (χ2n) is 3.15. The fraction of sp³-hybridized carbons (Fsp3) is 0.375. The molecule has 0 aromatic carbocycles. The molecule has 0 aliphatic carbocycles. The molecule has 0 bridgehead atoms. The average Bonchev–Trinajstić information content (AvgIpc) is 2.89. The predicted molar refractivity (Wildman–Crippen MR) is 62.0 cm³/mol. The Bertz CT molecular complexity index is 420. The van der Waals surface area contributed by atoms with E-state index in [1.54, 1.807) is 10.3 Å². The number of nitrogens with one attached hydrogen (secondary N) is 1. The molecule has 1 aromatic heterocycles. The minimum absolute atomic E-state index is 0.0674. The summed E-state index contributed by atoms with van der Waals surface area (Å²) in [7, 11) is 0. The van der Waals surface area contributed by atoms with Crippen molar-refractivity contribution in [3.8, 4) is 0 Å². The molecule has 8 heteroatoms. The van der Waals surface area contributed by atoms with Gasteiger partial charge >= 0.3 is 0 Å². The van der Waals surface area contributed by atoms with Crippen molar-refractivity contribution in [2.45, 2.75) is 6.54 Å². The third kappa shape index (κ3) is 2.34. The number of hydrogen-bond donors (Lipinski definition) is 2. The number of rotatable bonds is 3. The molecule has 16 heavy (non-hydrogen) atoms. The number of nitrogens with zero attached hydrogens (tertiary/aromatic N) is 2. The summed E-state index contributed by atoms with van der Waals surface area (Å²) >= 11 is 2.52. The molecule has 1 aromatic rings. The number of aromatic nitrogens is 1. The van der Waals surface area contributed by atoms with Crippen LogP contribution >= 0.6 is 23.1 Å². The zero-order valence-corrected chi connectivity index (χ0v) is 9.94. The first-order chi connectivity index (χ1) is 7.70. The van der Waals surface area contributed by atoms with Gasteiger partial charge in [-0.2, -0.15) is 0 Å². The van der Waals surface area contributed by atoms with E-state index < -0.39 is 5.91 Å². The minimum Gasteiger partial charge on any atom is -0.327 e. The summed E-state index contributed by atoms with van der Waals surface area (Å²) in [5.74, 6) is 5.41. The Hall–Kier alpha value is -1.12. The normalized spacial score (nSPS) is 15.6. The predicted octanol–water partition coefficient (Wildman–Crippen LogP) is 0.415. The first kappa shape index (κ1) is 11.4. The fourth-order valence-electron chi connectivity index (χ4n) is 1.31. The van der Waals surface area contributed by atoms with Crippen LogP contribution in [-0.2, 0) is 6.54 Å². The molecular formula is C8H10N4O2S2. The van der Waals surface area contributed by atoms with Crippen molar-refractivity contribution in [1.29, 1.82) is 0 Å². The maximum absolute atomic E-state index is 11.3. The maximum atomic E-state index is 11.3. The molecule has 3 N–H and O–H groups in total. The largest absolute Gasteiger partial charge is 0.327 e. The molecule has 0 saturated carbocycles. The summed E-state index contributed by atoms with van der Waals surface area (Å²) in [5.41, 5.74) is 2.74. The molecule has 0 spiro atoms. The van der Waals surface area contributed by atoms with Crippen LogP contribution < -0.4 is 11.3 Å². The Labute approximate surface area is 100 Å². The lowest BCUT2D eigenvalue weighted by atomic mass is 10.4. The van der Waals surface area contributed by atoms with Crippen molar-refractivity contribution >= 4 is 34.2 Å². The summed E-state index contributed by atoms with van der Waals surface area (Å²) in [5, 5.41) is 2.15. The van der Waals surface area contributed by atoms with E-state index >= 15 is 0 Å². The standard InChI is InChI=1S/C8H10N4O2S2/c9-11-6(13)7-10-5(4-16-7)3-12-1-2-15-8(12)14/h4H,1-3,9H2,(H,11,13). The molecule has 1 saturated heterocycles. The lowest BCUT2D eigenvalue weighted by molar-refractivity contribution is 0.0953. The van der Waals surface area contributed by atoms with Gasteiger partial charge in [-0.05, 0) is 0 Å². The number of nitrogens with two attached hydrogens (primary N) is 1. The van der Waals surface area contributed by atoms with E-state index in [1.807, 2.05) is 5.43 Å². The van der Waals surface area contributed by atoms with E-state index in [-0.39, 0.29) is 5.24 Å². The van der Waals surface area contributed by atoms with Crippen molar-refractivity contribution < 1.29 is 9.59 Å². The summed E-state index contributed by atoms with van der Waals surface area (Å²) in [6.45, 7) is 1.19. The van der Waals surface area contributed by atoms with E-state index in [0.29, 0.717) is 11.6 Å². The van der Waals surface area contributed by atoms with Crippen molar-refractivity contribution in [1.82, 2.24) is 15.3 Å². The van der Waals surface area contributed by atoms with Crippen LogP contribution in [0.5, 0.6) is 0 Å². The van der Waals surface area contributed by atoms with Gasteiger partial charge in [-0.15, -0.1) is 11.3 Å². The van der Waals surface area contributed by atoms with E-state index in [2.05, 4.69) is 4.98 Å². The lowest BCUT2D eigenvalue weighted by Gasteiger charge is -2.11. The molecule has 0 unspecified atom stereocenters. The van der Waals surface area contributed by atoms with Crippen molar-refractivity contribution in [2.75, 3.05) is 12.3 Å². The van der Waals surface area contributed by atoms with E-state index in [1.165, 1.54) is 23.1 Å². The SMILES string of the molecule is NNC(=O)c1nc(CN2CCSC2=O)cs1. The quantitative estimate of drug-likeness (QED) is 0.466. The third-order valence-corrected chi connectivity index (χ3v) is 3.86. The molecule has 1 fully saturated rings. The number of nitrogen functional groups attached to an aromatic ring is 1. The van der Waals surface area contributed by atoms with Crippen LogP contribution in [0.15, 0.2) is 5.38 Å². The Morgan fingerprint density at radius 2 is 2.50 bits per heavy atom. The van der Waals surface area contributed by atoms with Crippen LogP contribution in [0.25, 0.3) is 0 Å². The van der Waals surface area contributed by atoms with Gasteiger partial charge in [0.2, 0.25) is 0 Å². The highest BCUT2D eigenvalue weighted by atomic mass is 32.2. The monoisotopic (exact) mass is 258 g/mol. The van der Waals surface area contributed by atoms with Gasteiger partial charge in [-0.25, -0.2) is 10.8 Å². The van der Waals surface area contributed by atoms with Gasteiger partial charge in [0.05, 0.1) is 12.2 Å². The number of hydrogen-bond acceptors (Lipinski definition) is 6. The zero-order chi connectivity index (χ0) is 11.5. The summed E-state index contributed by atoms with van der Waals surface area (Å²) < 4.78 is 0. The zero-order valence-electron chi connectivity index (χ0n) is 8.30. The van der Waals surface area contributed by atoms with Gasteiger partial charge in [0, 0.05) is 17.7 Å². The van der Waals surface area contributed by atoms with Crippen LogP contribution in [0, 0.1) is 0 Å². The molecule has 1 aliphatic rings. The lowest BCUT2D eigenvalue weighted by Crippen LogP contribution is -2.30. The van der Waals surface area contributed by atoms with Crippen molar-refractivity contribution in [2.24, 2.45) is 5.84 Å². The Kier molecular flexibility index (Phi) is 3.42. The van der Waals surface area contributed by atoms with Crippen LogP contribution in [0.4, 0.5) is 4.79 Å². The van der Waals surface area contributed by atoms with E-state index in [4.69, 9.17) is 5.84 Å². The number of carbonyl (C=O) groups is 2. The molecule has 0 radical (unpaired) electrons. The highest BCUT2D eigenvalue weighted by Crippen LogP contribution is 2.20. The molecular weight excluding hydrogens is 248 g/mol. The van der Waals surface area contributed by atoms with Crippen LogP contribution in [0.2, 0.25) is 0 Å². The minimum atomic E-state index is -0.404. The van der Waals surface area contributed by atoms with Crippen molar-refractivity contribution in [3.63, 3.8) is 0 Å². The second-order valence-corrected chi connectivity index (χ2v) is 5.06. The van der Waals surface area contributed by atoms with Crippen LogP contribution in [0.1, 0.15) is 15.5 Å². The van der Waals surface area contributed by atoms with Crippen molar-refractivity contribution in [3.05, 3.63) is 16.1 Å². The van der Waals surface area contributed by atoms with Gasteiger partial charge in [-0.3, -0.25) is 15.0 Å². The van der Waals surface area contributed by atoms with E-state index in [0.717, 1.165) is 18.0 Å². The van der Waals surface area contributed by atoms with Gasteiger partial charge < -0.3 is 4.90 Å². The number of thiazole rings is 1. The average molecular weight is 258 g/mol. The van der Waals surface area contributed by atoms with Gasteiger partial charge in [0.1, 0.15) is 0 Å². The van der Waals surface area contributed by atoms with Gasteiger partial charge in [0.15, 0.2) is 5.01 Å². The van der Waals surface area contributed by atoms with Crippen LogP contribution in [0.3, 0.4) is 0 Å². The summed E-state index contributed by atoms with van der Waals surface area (Å²) in [6.07, 6.45) is 0. The molecule has 0 atom stereocenters. The first-order valence-corrected chi connectivity index (χ1v) is 6.44. The molecule has 2 amide bonds. The second kappa shape index (κ2) is 4.81. The fourth-order valence-corrected chi connectivity index (χ4v) is 2.85. The number of thioether (sulfide) groups is 1. The molecule has 86 valence electrons. The number of carbonyl (C=O) groups excluding carboxylic acids is 2. The molecule has 2 rings (SSSR count). The van der Waals surface area contributed by atoms with Gasteiger partial charge in [-0.1, -0.05) is 11.8 Å². The van der Waals surface area contributed by atoms with Gasteiger partial charge in [0.25, 0.3) is 11.1 Å². The Morgan fingerprint density at radius 1 is 1.69 bits per heavy atom. The summed E-state index contributed by atoms with van der Waals surface area (Å²) in [6, 6.07) is 0.